The van der Waals surface area contributed by atoms with Crippen molar-refractivity contribution in [3.8, 4) is 11.8 Å². The molecule has 33 heavy (non-hydrogen) atoms. The molecule has 1 heterocycles. The Hall–Kier alpha value is -3.56. The summed E-state index contributed by atoms with van der Waals surface area (Å²) in [5.41, 5.74) is 4.66. The molecule has 0 bridgehead atoms. The van der Waals surface area contributed by atoms with Gasteiger partial charge in [0, 0.05) is 18.3 Å². The molecular weight excluding hydrogens is 412 g/mol. The predicted molar refractivity (Wildman–Crippen MR) is 129 cm³/mol. The zero-order chi connectivity index (χ0) is 23.4. The van der Waals surface area contributed by atoms with Crippen LogP contribution in [-0.4, -0.2) is 24.1 Å². The van der Waals surface area contributed by atoms with Gasteiger partial charge in [-0.25, -0.2) is 0 Å². The maximum absolute atomic E-state index is 13.0. The first-order chi connectivity index (χ1) is 16.0. The number of carbonyl (C=O) groups is 1. The summed E-state index contributed by atoms with van der Waals surface area (Å²) in [4.78, 5) is 13.0. The van der Waals surface area contributed by atoms with Gasteiger partial charge in [0.25, 0.3) is 0 Å². The Kier molecular flexibility index (Phi) is 6.81. The van der Waals surface area contributed by atoms with Crippen molar-refractivity contribution in [3.63, 3.8) is 0 Å². The van der Waals surface area contributed by atoms with E-state index in [9.17, 15) is 10.1 Å². The summed E-state index contributed by atoms with van der Waals surface area (Å²) in [5, 5.41) is 16.2. The molecule has 0 saturated heterocycles. The van der Waals surface area contributed by atoms with Gasteiger partial charge in [0.15, 0.2) is 0 Å². The third-order valence-electron chi connectivity index (χ3n) is 6.43. The maximum atomic E-state index is 13.0. The lowest BCUT2D eigenvalue weighted by Gasteiger charge is -2.19. The van der Waals surface area contributed by atoms with Crippen LogP contribution in [0.2, 0.25) is 0 Å². The van der Waals surface area contributed by atoms with Gasteiger partial charge in [-0.3, -0.25) is 4.79 Å². The molecule has 0 spiro atoms. The van der Waals surface area contributed by atoms with Gasteiger partial charge in [-0.2, -0.15) is 5.26 Å². The summed E-state index contributed by atoms with van der Waals surface area (Å²) in [7, 11) is 1.66. The van der Waals surface area contributed by atoms with Crippen LogP contribution in [-0.2, 0) is 11.3 Å². The third kappa shape index (κ3) is 5.10. The van der Waals surface area contributed by atoms with E-state index in [2.05, 4.69) is 28.8 Å². The van der Waals surface area contributed by atoms with E-state index in [1.165, 1.54) is 0 Å². The van der Waals surface area contributed by atoms with E-state index >= 15 is 0 Å². The number of carbonyl (C=O) groups excluding carboxylic acids is 1. The number of nitrogens with zero attached hydrogens (tertiary/aromatic N) is 2. The molecule has 2 aromatic carbocycles. The highest BCUT2D eigenvalue weighted by molar-refractivity contribution is 5.93. The largest absolute Gasteiger partial charge is 0.497 e. The minimum atomic E-state index is -0.155. The molecule has 1 saturated carbocycles. The number of rotatable bonds is 9. The summed E-state index contributed by atoms with van der Waals surface area (Å²) < 4.78 is 7.28. The lowest BCUT2D eigenvalue weighted by atomic mass is 10.0. The molecule has 1 aliphatic carbocycles. The Morgan fingerprint density at radius 2 is 1.85 bits per heavy atom. The first-order valence-corrected chi connectivity index (χ1v) is 11.3. The van der Waals surface area contributed by atoms with Crippen molar-refractivity contribution < 1.29 is 9.53 Å². The fourth-order valence-corrected chi connectivity index (χ4v) is 4.27. The smallest absolute Gasteiger partial charge is 0.239 e. The van der Waals surface area contributed by atoms with E-state index in [-0.39, 0.29) is 18.5 Å². The predicted octanol–water partition coefficient (Wildman–Crippen LogP) is 4.71. The Morgan fingerprint density at radius 3 is 2.45 bits per heavy atom. The van der Waals surface area contributed by atoms with E-state index < -0.39 is 0 Å². The van der Waals surface area contributed by atoms with Crippen LogP contribution >= 0.6 is 0 Å². The van der Waals surface area contributed by atoms with Gasteiger partial charge in [0.1, 0.15) is 17.6 Å². The lowest BCUT2D eigenvalue weighted by molar-refractivity contribution is -0.115. The van der Waals surface area contributed by atoms with E-state index in [4.69, 9.17) is 4.74 Å². The molecular formula is C27H30N4O2. The van der Waals surface area contributed by atoms with Crippen LogP contribution in [0.1, 0.15) is 46.8 Å². The first-order valence-electron chi connectivity index (χ1n) is 11.3. The van der Waals surface area contributed by atoms with Gasteiger partial charge in [0.05, 0.1) is 19.2 Å². The van der Waals surface area contributed by atoms with Crippen molar-refractivity contribution >= 4 is 11.7 Å². The third-order valence-corrected chi connectivity index (χ3v) is 6.43. The Balaban J connectivity index is 1.49. The quantitative estimate of drug-likeness (QED) is 0.503. The molecule has 1 aliphatic rings. The zero-order valence-corrected chi connectivity index (χ0v) is 19.4. The lowest BCUT2D eigenvalue weighted by Crippen LogP contribution is -2.33. The number of amides is 1. The van der Waals surface area contributed by atoms with Crippen LogP contribution in [0, 0.1) is 31.1 Å². The molecule has 1 aromatic heterocycles. The molecule has 2 N–H and O–H groups in total. The van der Waals surface area contributed by atoms with Gasteiger partial charge < -0.3 is 19.9 Å². The van der Waals surface area contributed by atoms with E-state index in [0.717, 1.165) is 41.0 Å². The van der Waals surface area contributed by atoms with Crippen LogP contribution in [0.3, 0.4) is 0 Å². The highest BCUT2D eigenvalue weighted by Gasteiger charge is 2.32. The van der Waals surface area contributed by atoms with Crippen molar-refractivity contribution in [2.45, 2.75) is 39.3 Å². The molecule has 0 aliphatic heterocycles. The number of aromatic nitrogens is 1. The second kappa shape index (κ2) is 9.93. The summed E-state index contributed by atoms with van der Waals surface area (Å²) >= 11 is 0. The Morgan fingerprint density at radius 1 is 1.15 bits per heavy atom. The van der Waals surface area contributed by atoms with Crippen molar-refractivity contribution in [2.75, 3.05) is 19.0 Å². The van der Waals surface area contributed by atoms with Gasteiger partial charge in [-0.15, -0.1) is 0 Å². The minimum Gasteiger partial charge on any atom is -0.497 e. The SMILES string of the molecule is COc1ccc(C(NCC(=O)Nc2c(C#N)c(C)c(C)n2Cc2ccccc2)C2CC2)cc1. The second-order valence-electron chi connectivity index (χ2n) is 8.63. The average molecular weight is 443 g/mol. The van der Waals surface area contributed by atoms with E-state index in [1.807, 2.05) is 60.9 Å². The van der Waals surface area contributed by atoms with Crippen molar-refractivity contribution in [1.29, 1.82) is 5.26 Å². The Bertz CT molecular complexity index is 1160. The number of hydrogen-bond donors (Lipinski definition) is 2. The molecule has 1 fully saturated rings. The summed E-state index contributed by atoms with van der Waals surface area (Å²) in [5.74, 6) is 1.76. The fourth-order valence-electron chi connectivity index (χ4n) is 4.27. The van der Waals surface area contributed by atoms with Gasteiger partial charge in [0.2, 0.25) is 5.91 Å². The fraction of sp³-hybridized carbons (Fsp3) is 0.333. The highest BCUT2D eigenvalue weighted by Crippen LogP contribution is 2.41. The zero-order valence-electron chi connectivity index (χ0n) is 19.4. The highest BCUT2D eigenvalue weighted by atomic mass is 16.5. The molecule has 6 nitrogen and oxygen atoms in total. The molecule has 0 radical (unpaired) electrons. The number of nitriles is 1. The molecule has 6 heteroatoms. The van der Waals surface area contributed by atoms with Gasteiger partial charge >= 0.3 is 0 Å². The number of anilines is 1. The molecule has 4 rings (SSSR count). The number of hydrogen-bond acceptors (Lipinski definition) is 4. The molecule has 1 unspecified atom stereocenters. The van der Waals surface area contributed by atoms with E-state index in [1.54, 1.807) is 7.11 Å². The molecule has 170 valence electrons. The summed E-state index contributed by atoms with van der Waals surface area (Å²) in [6.45, 7) is 4.68. The standard InChI is InChI=1S/C27H30N4O2/c1-18-19(2)31(17-20-7-5-4-6-8-20)27(24(18)15-28)30-25(32)16-29-26(21-9-10-21)22-11-13-23(33-3)14-12-22/h4-8,11-14,21,26,29H,9-10,16-17H2,1-3H3,(H,30,32). The number of ether oxygens (including phenoxy) is 1. The normalized spacial score (nSPS) is 13.9. The van der Waals surface area contributed by atoms with Crippen LogP contribution < -0.4 is 15.4 Å². The number of benzene rings is 2. The van der Waals surface area contributed by atoms with Crippen LogP contribution in [0.15, 0.2) is 54.6 Å². The second-order valence-corrected chi connectivity index (χ2v) is 8.63. The Labute approximate surface area is 195 Å². The number of methoxy groups -OCH3 is 1. The van der Waals surface area contributed by atoms with Crippen LogP contribution in [0.4, 0.5) is 5.82 Å². The average Bonchev–Trinajstić information content (AvgIpc) is 3.65. The van der Waals surface area contributed by atoms with Gasteiger partial charge in [-0.1, -0.05) is 42.5 Å². The summed E-state index contributed by atoms with van der Waals surface area (Å²) in [6, 6.07) is 20.5. The summed E-state index contributed by atoms with van der Waals surface area (Å²) in [6.07, 6.45) is 2.31. The van der Waals surface area contributed by atoms with Crippen LogP contribution in [0.25, 0.3) is 0 Å². The van der Waals surface area contributed by atoms with Gasteiger partial charge in [-0.05, 0) is 61.4 Å². The first kappa shape index (κ1) is 22.6. The van der Waals surface area contributed by atoms with Crippen molar-refractivity contribution in [2.24, 2.45) is 5.92 Å². The molecule has 1 amide bonds. The molecule has 1 atom stereocenters. The topological polar surface area (TPSA) is 79.1 Å². The van der Waals surface area contributed by atoms with Crippen LogP contribution in [0.5, 0.6) is 5.75 Å². The maximum Gasteiger partial charge on any atom is 0.239 e. The van der Waals surface area contributed by atoms with Crippen molar-refractivity contribution in [1.82, 2.24) is 9.88 Å². The van der Waals surface area contributed by atoms with Crippen molar-refractivity contribution in [3.05, 3.63) is 82.5 Å². The minimum absolute atomic E-state index is 0.122. The van der Waals surface area contributed by atoms with E-state index in [0.29, 0.717) is 23.8 Å². The monoisotopic (exact) mass is 442 g/mol. The molecule has 3 aromatic rings. The number of nitrogens with one attached hydrogen (secondary N) is 2.